The Bertz CT molecular complexity index is 659. The highest BCUT2D eigenvalue weighted by molar-refractivity contribution is 7.11. The lowest BCUT2D eigenvalue weighted by Crippen LogP contribution is -2.19. The number of hydrazone groups is 1. The quantitative estimate of drug-likeness (QED) is 0.689. The molecule has 0 fully saturated rings. The largest absolute Gasteiger partial charge is 0.274 e. The third kappa shape index (κ3) is 3.24. The number of carbonyl (C=O) groups excluding carboxylic acids is 1. The lowest BCUT2D eigenvalue weighted by atomic mass is 10.1. The molecule has 2 rings (SSSR count). The van der Waals surface area contributed by atoms with Gasteiger partial charge in [0.2, 0.25) is 0 Å². The summed E-state index contributed by atoms with van der Waals surface area (Å²) >= 11 is 1.47. The first-order valence-electron chi connectivity index (χ1n) is 5.27. The molecule has 4 nitrogen and oxygen atoms in total. The van der Waals surface area contributed by atoms with E-state index < -0.39 is 11.7 Å². The van der Waals surface area contributed by atoms with Crippen molar-refractivity contribution in [1.82, 2.24) is 5.43 Å². The van der Waals surface area contributed by atoms with Crippen LogP contribution in [0.15, 0.2) is 40.8 Å². The van der Waals surface area contributed by atoms with Gasteiger partial charge in [-0.05, 0) is 29.6 Å². The fraction of sp³-hybridized carbons (Fsp3) is 0. The lowest BCUT2D eigenvalue weighted by molar-refractivity contribution is 0.0951. The molecule has 2 aromatic rings. The van der Waals surface area contributed by atoms with Gasteiger partial charge in [-0.15, -0.1) is 11.3 Å². The van der Waals surface area contributed by atoms with Crippen LogP contribution in [0, 0.1) is 17.1 Å². The number of rotatable bonds is 3. The van der Waals surface area contributed by atoms with Crippen molar-refractivity contribution in [3.63, 3.8) is 0 Å². The normalized spacial score (nSPS) is 10.3. The summed E-state index contributed by atoms with van der Waals surface area (Å²) in [6.45, 7) is 0. The first-order chi connectivity index (χ1) is 9.20. The molecule has 0 aliphatic rings. The average molecular weight is 273 g/mol. The van der Waals surface area contributed by atoms with Gasteiger partial charge in [0.1, 0.15) is 5.82 Å². The van der Waals surface area contributed by atoms with Gasteiger partial charge in [0.15, 0.2) is 0 Å². The Kier molecular flexibility index (Phi) is 4.00. The van der Waals surface area contributed by atoms with E-state index in [1.165, 1.54) is 29.7 Å². The first kappa shape index (κ1) is 12.9. The second-order valence-electron chi connectivity index (χ2n) is 3.52. The number of nitrogens with one attached hydrogen (secondary N) is 1. The van der Waals surface area contributed by atoms with Crippen molar-refractivity contribution in [3.05, 3.63) is 57.5 Å². The van der Waals surface area contributed by atoms with Gasteiger partial charge in [0, 0.05) is 4.88 Å². The van der Waals surface area contributed by atoms with Crippen LogP contribution in [0.2, 0.25) is 0 Å². The van der Waals surface area contributed by atoms with Crippen LogP contribution >= 0.6 is 11.3 Å². The van der Waals surface area contributed by atoms with E-state index in [0.29, 0.717) is 0 Å². The third-order valence-corrected chi connectivity index (χ3v) is 3.05. The highest BCUT2D eigenvalue weighted by Crippen LogP contribution is 2.10. The van der Waals surface area contributed by atoms with Crippen molar-refractivity contribution in [1.29, 1.82) is 5.26 Å². The zero-order valence-corrected chi connectivity index (χ0v) is 10.4. The van der Waals surface area contributed by atoms with Crippen LogP contribution in [0.3, 0.4) is 0 Å². The van der Waals surface area contributed by atoms with E-state index in [4.69, 9.17) is 5.26 Å². The maximum absolute atomic E-state index is 13.5. The second kappa shape index (κ2) is 5.89. The molecule has 94 valence electrons. The van der Waals surface area contributed by atoms with Gasteiger partial charge in [0.05, 0.1) is 23.4 Å². The van der Waals surface area contributed by atoms with Crippen LogP contribution in [0.1, 0.15) is 20.8 Å². The predicted molar refractivity (Wildman–Crippen MR) is 70.5 cm³/mol. The van der Waals surface area contributed by atoms with Crippen molar-refractivity contribution in [2.45, 2.75) is 0 Å². The average Bonchev–Trinajstić information content (AvgIpc) is 2.91. The Balaban J connectivity index is 2.06. The molecule has 0 radical (unpaired) electrons. The van der Waals surface area contributed by atoms with E-state index in [2.05, 4.69) is 10.5 Å². The second-order valence-corrected chi connectivity index (χ2v) is 4.50. The van der Waals surface area contributed by atoms with Gasteiger partial charge in [-0.2, -0.15) is 10.4 Å². The molecular weight excluding hydrogens is 265 g/mol. The molecule has 1 amide bonds. The zero-order valence-electron chi connectivity index (χ0n) is 9.63. The number of carbonyl (C=O) groups is 1. The number of halogens is 1. The number of hydrogen-bond donors (Lipinski definition) is 1. The SMILES string of the molecule is N#Cc1ccc(C(=O)N/N=C\c2cccs2)c(F)c1. The molecule has 0 aliphatic heterocycles. The lowest BCUT2D eigenvalue weighted by Gasteiger charge is -2.01. The molecule has 0 spiro atoms. The van der Waals surface area contributed by atoms with Crippen LogP contribution in [-0.4, -0.2) is 12.1 Å². The molecule has 19 heavy (non-hydrogen) atoms. The number of nitriles is 1. The molecule has 1 aromatic heterocycles. The van der Waals surface area contributed by atoms with Crippen LogP contribution < -0.4 is 5.43 Å². The molecule has 0 saturated heterocycles. The van der Waals surface area contributed by atoms with Crippen molar-refractivity contribution in [3.8, 4) is 6.07 Å². The fourth-order valence-electron chi connectivity index (χ4n) is 1.35. The maximum atomic E-state index is 13.5. The summed E-state index contributed by atoms with van der Waals surface area (Å²) in [7, 11) is 0. The molecule has 0 atom stereocenters. The predicted octanol–water partition coefficient (Wildman–Crippen LogP) is 2.52. The van der Waals surface area contributed by atoms with Crippen LogP contribution in [0.5, 0.6) is 0 Å². The van der Waals surface area contributed by atoms with E-state index in [1.54, 1.807) is 6.07 Å². The van der Waals surface area contributed by atoms with Crippen molar-refractivity contribution < 1.29 is 9.18 Å². The van der Waals surface area contributed by atoms with Gasteiger partial charge in [-0.25, -0.2) is 9.82 Å². The highest BCUT2D eigenvalue weighted by atomic mass is 32.1. The van der Waals surface area contributed by atoms with Crippen LogP contribution in [0.25, 0.3) is 0 Å². The van der Waals surface area contributed by atoms with Gasteiger partial charge in [0.25, 0.3) is 5.91 Å². The maximum Gasteiger partial charge on any atom is 0.274 e. The topological polar surface area (TPSA) is 65.2 Å². The molecule has 1 heterocycles. The Morgan fingerprint density at radius 3 is 2.95 bits per heavy atom. The monoisotopic (exact) mass is 273 g/mol. The van der Waals surface area contributed by atoms with E-state index in [9.17, 15) is 9.18 Å². The minimum Gasteiger partial charge on any atom is -0.267 e. The van der Waals surface area contributed by atoms with Gasteiger partial charge < -0.3 is 0 Å². The minimum absolute atomic E-state index is 0.151. The van der Waals surface area contributed by atoms with Crippen LogP contribution in [0.4, 0.5) is 4.39 Å². The summed E-state index contributed by atoms with van der Waals surface area (Å²) in [6.07, 6.45) is 1.48. The van der Waals surface area contributed by atoms with Gasteiger partial charge >= 0.3 is 0 Å². The van der Waals surface area contributed by atoms with Crippen LogP contribution in [-0.2, 0) is 0 Å². The number of amides is 1. The highest BCUT2D eigenvalue weighted by Gasteiger charge is 2.11. The Morgan fingerprint density at radius 1 is 1.47 bits per heavy atom. The number of thiophene rings is 1. The molecule has 1 N–H and O–H groups in total. The Morgan fingerprint density at radius 2 is 2.32 bits per heavy atom. The van der Waals surface area contributed by atoms with E-state index >= 15 is 0 Å². The molecule has 0 saturated carbocycles. The smallest absolute Gasteiger partial charge is 0.267 e. The van der Waals surface area contributed by atoms with Crippen molar-refractivity contribution in [2.24, 2.45) is 5.10 Å². The molecule has 0 aliphatic carbocycles. The number of hydrogen-bond acceptors (Lipinski definition) is 4. The first-order valence-corrected chi connectivity index (χ1v) is 6.15. The van der Waals surface area contributed by atoms with Gasteiger partial charge in [-0.3, -0.25) is 4.79 Å². The zero-order chi connectivity index (χ0) is 13.7. The van der Waals surface area contributed by atoms with E-state index in [-0.39, 0.29) is 11.1 Å². The molecular formula is C13H8FN3OS. The van der Waals surface area contributed by atoms with E-state index in [1.807, 2.05) is 17.5 Å². The summed E-state index contributed by atoms with van der Waals surface area (Å²) < 4.78 is 13.5. The molecule has 1 aromatic carbocycles. The number of benzene rings is 1. The fourth-order valence-corrected chi connectivity index (χ4v) is 1.93. The Hall–Kier alpha value is -2.52. The van der Waals surface area contributed by atoms with Crippen molar-refractivity contribution in [2.75, 3.05) is 0 Å². The molecule has 0 bridgehead atoms. The van der Waals surface area contributed by atoms with Crippen molar-refractivity contribution >= 4 is 23.5 Å². The van der Waals surface area contributed by atoms with Gasteiger partial charge in [-0.1, -0.05) is 6.07 Å². The molecule has 0 unspecified atom stereocenters. The Labute approximate surface area is 112 Å². The summed E-state index contributed by atoms with van der Waals surface area (Å²) in [4.78, 5) is 12.5. The standard InChI is InChI=1S/C13H8FN3OS/c14-12-6-9(7-15)3-4-11(12)13(18)17-16-8-10-2-1-5-19-10/h1-6,8H,(H,17,18)/b16-8-. The summed E-state index contributed by atoms with van der Waals surface area (Å²) in [6, 6.07) is 9.13. The third-order valence-electron chi connectivity index (χ3n) is 2.24. The van der Waals surface area contributed by atoms with E-state index in [0.717, 1.165) is 10.9 Å². The minimum atomic E-state index is -0.747. The summed E-state index contributed by atoms with van der Waals surface area (Å²) in [5, 5.41) is 14.2. The number of nitrogens with zero attached hydrogens (tertiary/aromatic N) is 2. The molecule has 6 heteroatoms. The summed E-state index contributed by atoms with van der Waals surface area (Å²) in [5.74, 6) is -1.40. The summed E-state index contributed by atoms with van der Waals surface area (Å²) in [5.41, 5.74) is 2.24.